The number of carbonyl (C=O) groups is 1. The number of hydrogen-bond acceptors (Lipinski definition) is 3. The van der Waals surface area contributed by atoms with Gasteiger partial charge in [-0.2, -0.15) is 0 Å². The van der Waals surface area contributed by atoms with Gasteiger partial charge in [0.2, 0.25) is 0 Å². The molecule has 0 aliphatic heterocycles. The lowest BCUT2D eigenvalue weighted by Gasteiger charge is -2.17. The summed E-state index contributed by atoms with van der Waals surface area (Å²) in [4.78, 5) is 14.4. The summed E-state index contributed by atoms with van der Waals surface area (Å²) in [5, 5.41) is 3.84. The SMILES string of the molecule is CCN(CC)CCCNC(=O)c1cc2ccc(Br)cc2o1. The summed E-state index contributed by atoms with van der Waals surface area (Å²) < 4.78 is 6.52. The van der Waals surface area contributed by atoms with Crippen LogP contribution in [0.5, 0.6) is 0 Å². The average Bonchev–Trinajstić information content (AvgIpc) is 2.90. The van der Waals surface area contributed by atoms with E-state index in [0.29, 0.717) is 12.3 Å². The van der Waals surface area contributed by atoms with E-state index in [1.165, 1.54) is 0 Å². The van der Waals surface area contributed by atoms with Crippen molar-refractivity contribution < 1.29 is 9.21 Å². The molecule has 0 unspecified atom stereocenters. The van der Waals surface area contributed by atoms with Crippen LogP contribution in [-0.2, 0) is 0 Å². The molecule has 2 rings (SSSR count). The van der Waals surface area contributed by atoms with E-state index in [1.54, 1.807) is 6.07 Å². The Balaban J connectivity index is 1.87. The Morgan fingerprint density at radius 3 is 2.76 bits per heavy atom. The molecule has 0 atom stereocenters. The molecule has 21 heavy (non-hydrogen) atoms. The number of rotatable bonds is 7. The Hall–Kier alpha value is -1.33. The van der Waals surface area contributed by atoms with Gasteiger partial charge in [-0.25, -0.2) is 0 Å². The molecule has 0 aliphatic carbocycles. The van der Waals surface area contributed by atoms with Gasteiger partial charge in [0.25, 0.3) is 5.91 Å². The molecular weight excluding hydrogens is 332 g/mol. The van der Waals surface area contributed by atoms with Crippen molar-refractivity contribution in [2.45, 2.75) is 20.3 Å². The van der Waals surface area contributed by atoms with E-state index in [1.807, 2.05) is 18.2 Å². The maximum Gasteiger partial charge on any atom is 0.287 e. The van der Waals surface area contributed by atoms with E-state index in [2.05, 4.69) is 40.0 Å². The van der Waals surface area contributed by atoms with Crippen molar-refractivity contribution in [3.8, 4) is 0 Å². The molecule has 1 heterocycles. The number of carbonyl (C=O) groups excluding carboxylic acids is 1. The highest BCUT2D eigenvalue weighted by atomic mass is 79.9. The third kappa shape index (κ3) is 4.32. The van der Waals surface area contributed by atoms with Gasteiger partial charge >= 0.3 is 0 Å². The zero-order valence-corrected chi connectivity index (χ0v) is 14.1. The quantitative estimate of drug-likeness (QED) is 0.773. The number of nitrogens with zero attached hydrogens (tertiary/aromatic N) is 1. The second-order valence-corrected chi connectivity index (χ2v) is 5.84. The maximum atomic E-state index is 12.1. The van der Waals surface area contributed by atoms with Crippen molar-refractivity contribution in [2.24, 2.45) is 0 Å². The van der Waals surface area contributed by atoms with Gasteiger partial charge in [0.1, 0.15) is 5.58 Å². The third-order valence-electron chi connectivity index (χ3n) is 3.54. The Kier molecular flexibility index (Phi) is 5.82. The predicted molar refractivity (Wildman–Crippen MR) is 88.7 cm³/mol. The third-order valence-corrected chi connectivity index (χ3v) is 4.03. The van der Waals surface area contributed by atoms with Crippen molar-refractivity contribution in [1.82, 2.24) is 10.2 Å². The van der Waals surface area contributed by atoms with Gasteiger partial charge < -0.3 is 14.6 Å². The molecule has 0 spiro atoms. The zero-order chi connectivity index (χ0) is 15.2. The van der Waals surface area contributed by atoms with Crippen LogP contribution in [0.15, 0.2) is 33.2 Å². The minimum absolute atomic E-state index is 0.151. The average molecular weight is 353 g/mol. The number of amides is 1. The Labute approximate surface area is 133 Å². The minimum Gasteiger partial charge on any atom is -0.451 e. The summed E-state index contributed by atoms with van der Waals surface area (Å²) in [6.45, 7) is 8.05. The molecule has 1 N–H and O–H groups in total. The molecule has 0 radical (unpaired) electrons. The molecule has 0 saturated heterocycles. The Morgan fingerprint density at radius 2 is 2.05 bits per heavy atom. The number of hydrogen-bond donors (Lipinski definition) is 1. The zero-order valence-electron chi connectivity index (χ0n) is 12.5. The van der Waals surface area contributed by atoms with E-state index in [-0.39, 0.29) is 5.91 Å². The van der Waals surface area contributed by atoms with Crippen LogP contribution in [0, 0.1) is 0 Å². The predicted octanol–water partition coefficient (Wildman–Crippen LogP) is 3.66. The van der Waals surface area contributed by atoms with Gasteiger partial charge in [0.05, 0.1) is 0 Å². The molecule has 1 aromatic carbocycles. The molecule has 2 aromatic rings. The highest BCUT2D eigenvalue weighted by Crippen LogP contribution is 2.23. The number of furan rings is 1. The highest BCUT2D eigenvalue weighted by molar-refractivity contribution is 9.10. The Bertz CT molecular complexity index is 605. The van der Waals surface area contributed by atoms with Crippen LogP contribution in [-0.4, -0.2) is 37.0 Å². The van der Waals surface area contributed by atoms with Crippen molar-refractivity contribution in [3.63, 3.8) is 0 Å². The lowest BCUT2D eigenvalue weighted by molar-refractivity contribution is 0.0926. The number of benzene rings is 1. The molecule has 114 valence electrons. The fourth-order valence-electron chi connectivity index (χ4n) is 2.25. The van der Waals surface area contributed by atoms with Gasteiger partial charge in [0, 0.05) is 16.4 Å². The van der Waals surface area contributed by atoms with Gasteiger partial charge in [-0.3, -0.25) is 4.79 Å². The normalized spacial score (nSPS) is 11.2. The largest absolute Gasteiger partial charge is 0.451 e. The van der Waals surface area contributed by atoms with Crippen molar-refractivity contribution in [1.29, 1.82) is 0 Å². The van der Waals surface area contributed by atoms with Crippen LogP contribution in [0.25, 0.3) is 11.0 Å². The first-order valence-corrected chi connectivity index (χ1v) is 8.13. The lowest BCUT2D eigenvalue weighted by Crippen LogP contribution is -2.29. The maximum absolute atomic E-state index is 12.1. The van der Waals surface area contributed by atoms with Gasteiger partial charge in [-0.05, 0) is 50.3 Å². The summed E-state index contributed by atoms with van der Waals surface area (Å²) in [6.07, 6.45) is 0.944. The molecule has 0 fully saturated rings. The summed E-state index contributed by atoms with van der Waals surface area (Å²) in [5.74, 6) is 0.216. The van der Waals surface area contributed by atoms with Crippen molar-refractivity contribution in [3.05, 3.63) is 34.5 Å². The smallest absolute Gasteiger partial charge is 0.287 e. The number of nitrogens with one attached hydrogen (secondary N) is 1. The van der Waals surface area contributed by atoms with E-state index >= 15 is 0 Å². The second kappa shape index (κ2) is 7.61. The molecule has 0 saturated carbocycles. The van der Waals surface area contributed by atoms with Gasteiger partial charge in [-0.1, -0.05) is 29.8 Å². The van der Waals surface area contributed by atoms with Crippen LogP contribution in [0.3, 0.4) is 0 Å². The minimum atomic E-state index is -0.151. The molecule has 1 amide bonds. The summed E-state index contributed by atoms with van der Waals surface area (Å²) in [6, 6.07) is 7.51. The summed E-state index contributed by atoms with van der Waals surface area (Å²) >= 11 is 3.39. The molecular formula is C16H21BrN2O2. The van der Waals surface area contributed by atoms with Crippen LogP contribution < -0.4 is 5.32 Å². The van der Waals surface area contributed by atoms with E-state index in [4.69, 9.17) is 4.42 Å². The van der Waals surface area contributed by atoms with E-state index in [9.17, 15) is 4.79 Å². The molecule has 4 nitrogen and oxygen atoms in total. The topological polar surface area (TPSA) is 45.5 Å². The van der Waals surface area contributed by atoms with E-state index < -0.39 is 0 Å². The first kappa shape index (κ1) is 16.0. The van der Waals surface area contributed by atoms with E-state index in [0.717, 1.165) is 41.5 Å². The van der Waals surface area contributed by atoms with Crippen molar-refractivity contribution in [2.75, 3.05) is 26.2 Å². The standard InChI is InChI=1S/C16H21BrN2O2/c1-3-19(4-2)9-5-8-18-16(20)15-10-12-6-7-13(17)11-14(12)21-15/h6-7,10-11H,3-5,8-9H2,1-2H3,(H,18,20). The van der Waals surface area contributed by atoms with Gasteiger partial charge in [0.15, 0.2) is 5.76 Å². The van der Waals surface area contributed by atoms with Gasteiger partial charge in [-0.15, -0.1) is 0 Å². The monoisotopic (exact) mass is 352 g/mol. The molecule has 0 aliphatic rings. The molecule has 0 bridgehead atoms. The fourth-order valence-corrected chi connectivity index (χ4v) is 2.59. The summed E-state index contributed by atoms with van der Waals surface area (Å²) in [7, 11) is 0. The van der Waals surface area contributed by atoms with Crippen LogP contribution >= 0.6 is 15.9 Å². The first-order valence-electron chi connectivity index (χ1n) is 7.33. The highest BCUT2D eigenvalue weighted by Gasteiger charge is 2.12. The van der Waals surface area contributed by atoms with Crippen LogP contribution in [0.1, 0.15) is 30.8 Å². The Morgan fingerprint density at radius 1 is 1.29 bits per heavy atom. The van der Waals surface area contributed by atoms with Crippen LogP contribution in [0.2, 0.25) is 0 Å². The number of halogens is 1. The second-order valence-electron chi connectivity index (χ2n) is 4.93. The summed E-state index contributed by atoms with van der Waals surface area (Å²) in [5.41, 5.74) is 0.720. The molecule has 5 heteroatoms. The van der Waals surface area contributed by atoms with Crippen molar-refractivity contribution >= 4 is 32.8 Å². The first-order chi connectivity index (χ1) is 10.1. The molecule has 1 aromatic heterocycles. The fraction of sp³-hybridized carbons (Fsp3) is 0.438. The van der Waals surface area contributed by atoms with Crippen LogP contribution in [0.4, 0.5) is 0 Å². The number of fused-ring (bicyclic) bond motifs is 1. The lowest BCUT2D eigenvalue weighted by atomic mass is 10.2.